The second-order valence-corrected chi connectivity index (χ2v) is 3.85. The number of nitrogens with zero attached hydrogens (tertiary/aromatic N) is 1. The Labute approximate surface area is 67.6 Å². The first-order valence-electron chi connectivity index (χ1n) is 4.54. The van der Waals surface area contributed by atoms with Crippen LogP contribution in [0.25, 0.3) is 0 Å². The van der Waals surface area contributed by atoms with Crippen LogP contribution in [-0.2, 0) is 4.79 Å². The minimum absolute atomic E-state index is 0.397. The number of hydrogen-bond donors (Lipinski definition) is 0. The van der Waals surface area contributed by atoms with Gasteiger partial charge in [0.05, 0.1) is 0 Å². The van der Waals surface area contributed by atoms with Crippen LogP contribution in [0.4, 0.5) is 0 Å². The molecule has 2 nitrogen and oxygen atoms in total. The van der Waals surface area contributed by atoms with Gasteiger partial charge in [-0.05, 0) is 25.2 Å². The Morgan fingerprint density at radius 3 is 3.00 bits per heavy atom. The number of amides is 1. The van der Waals surface area contributed by atoms with Gasteiger partial charge in [0.2, 0.25) is 5.91 Å². The van der Waals surface area contributed by atoms with Crippen LogP contribution in [0, 0.1) is 11.8 Å². The number of fused-ring (bicyclic) bond motifs is 1. The average molecular weight is 153 g/mol. The summed E-state index contributed by atoms with van der Waals surface area (Å²) in [5.41, 5.74) is 0. The maximum atomic E-state index is 11.5. The molecule has 2 atom stereocenters. The monoisotopic (exact) mass is 153 g/mol. The summed E-state index contributed by atoms with van der Waals surface area (Å²) < 4.78 is 0. The van der Waals surface area contributed by atoms with E-state index in [0.717, 1.165) is 18.9 Å². The standard InChI is InChI=1S/C9H15NO/c1-10-6-5-7-3-2-4-8(7)9(10)11/h7-8H,2-6H2,1H3. The van der Waals surface area contributed by atoms with E-state index in [1.54, 1.807) is 0 Å². The van der Waals surface area contributed by atoms with E-state index in [0.29, 0.717) is 11.8 Å². The third-order valence-electron chi connectivity index (χ3n) is 3.19. The summed E-state index contributed by atoms with van der Waals surface area (Å²) in [4.78, 5) is 13.4. The normalized spacial score (nSPS) is 37.5. The maximum absolute atomic E-state index is 11.5. The number of likely N-dealkylation sites (tertiary alicyclic amines) is 1. The molecule has 2 rings (SSSR count). The van der Waals surface area contributed by atoms with E-state index in [2.05, 4.69) is 0 Å². The lowest BCUT2D eigenvalue weighted by Crippen LogP contribution is -2.41. The minimum atomic E-state index is 0.397. The van der Waals surface area contributed by atoms with Crippen LogP contribution in [0.15, 0.2) is 0 Å². The molecule has 0 N–H and O–H groups in total. The molecule has 2 fully saturated rings. The van der Waals surface area contributed by atoms with Gasteiger partial charge in [0.1, 0.15) is 0 Å². The average Bonchev–Trinajstić information content (AvgIpc) is 2.45. The summed E-state index contributed by atoms with van der Waals surface area (Å²) in [7, 11) is 1.93. The fourth-order valence-corrected chi connectivity index (χ4v) is 2.46. The molecule has 1 heterocycles. The molecular formula is C9H15NO. The predicted molar refractivity (Wildman–Crippen MR) is 43.1 cm³/mol. The molecular weight excluding hydrogens is 138 g/mol. The highest BCUT2D eigenvalue weighted by Gasteiger charge is 2.37. The van der Waals surface area contributed by atoms with Gasteiger partial charge >= 0.3 is 0 Å². The fraction of sp³-hybridized carbons (Fsp3) is 0.889. The van der Waals surface area contributed by atoms with Gasteiger partial charge in [-0.15, -0.1) is 0 Å². The molecule has 1 aliphatic heterocycles. The molecule has 0 aromatic carbocycles. The predicted octanol–water partition coefficient (Wildman–Crippen LogP) is 1.26. The van der Waals surface area contributed by atoms with Crippen LogP contribution in [0.5, 0.6) is 0 Å². The summed E-state index contributed by atoms with van der Waals surface area (Å²) in [5.74, 6) is 1.53. The van der Waals surface area contributed by atoms with Crippen molar-refractivity contribution < 1.29 is 4.79 Å². The molecule has 62 valence electrons. The van der Waals surface area contributed by atoms with Gasteiger partial charge in [-0.1, -0.05) is 6.42 Å². The number of piperidine rings is 1. The zero-order valence-corrected chi connectivity index (χ0v) is 7.05. The van der Waals surface area contributed by atoms with Gasteiger partial charge in [0.25, 0.3) is 0 Å². The van der Waals surface area contributed by atoms with Crippen molar-refractivity contribution in [2.75, 3.05) is 13.6 Å². The van der Waals surface area contributed by atoms with Crippen molar-refractivity contribution in [3.8, 4) is 0 Å². The summed E-state index contributed by atoms with van der Waals surface area (Å²) >= 11 is 0. The summed E-state index contributed by atoms with van der Waals surface area (Å²) in [6, 6.07) is 0. The van der Waals surface area contributed by atoms with Gasteiger partial charge in [-0.3, -0.25) is 4.79 Å². The molecule has 2 aliphatic rings. The fourth-order valence-electron chi connectivity index (χ4n) is 2.46. The highest BCUT2D eigenvalue weighted by Crippen LogP contribution is 2.37. The number of carbonyl (C=O) groups is 1. The maximum Gasteiger partial charge on any atom is 0.225 e. The number of hydrogen-bond acceptors (Lipinski definition) is 1. The highest BCUT2D eigenvalue weighted by molar-refractivity contribution is 5.79. The van der Waals surface area contributed by atoms with Crippen LogP contribution in [0.2, 0.25) is 0 Å². The first-order valence-corrected chi connectivity index (χ1v) is 4.54. The molecule has 0 bridgehead atoms. The molecule has 2 unspecified atom stereocenters. The van der Waals surface area contributed by atoms with Crippen molar-refractivity contribution in [2.24, 2.45) is 11.8 Å². The molecule has 0 aromatic heterocycles. The quantitative estimate of drug-likeness (QED) is 0.513. The summed E-state index contributed by atoms with van der Waals surface area (Å²) in [6.07, 6.45) is 4.96. The van der Waals surface area contributed by atoms with Crippen molar-refractivity contribution in [1.82, 2.24) is 4.90 Å². The van der Waals surface area contributed by atoms with E-state index in [-0.39, 0.29) is 0 Å². The van der Waals surface area contributed by atoms with E-state index >= 15 is 0 Å². The molecule has 0 aromatic rings. The Morgan fingerprint density at radius 1 is 1.36 bits per heavy atom. The lowest BCUT2D eigenvalue weighted by atomic mass is 9.88. The molecule has 2 heteroatoms. The second kappa shape index (κ2) is 2.50. The van der Waals surface area contributed by atoms with E-state index in [4.69, 9.17) is 0 Å². The molecule has 0 spiro atoms. The van der Waals surface area contributed by atoms with E-state index < -0.39 is 0 Å². The molecule has 0 radical (unpaired) electrons. The molecule has 1 aliphatic carbocycles. The lowest BCUT2D eigenvalue weighted by Gasteiger charge is -2.31. The van der Waals surface area contributed by atoms with Gasteiger partial charge < -0.3 is 4.90 Å². The Kier molecular flexibility index (Phi) is 1.63. The van der Waals surface area contributed by atoms with Crippen molar-refractivity contribution in [3.05, 3.63) is 0 Å². The van der Waals surface area contributed by atoms with Gasteiger partial charge in [0, 0.05) is 19.5 Å². The Hall–Kier alpha value is -0.530. The summed E-state index contributed by atoms with van der Waals surface area (Å²) in [5, 5.41) is 0. The second-order valence-electron chi connectivity index (χ2n) is 3.85. The van der Waals surface area contributed by atoms with E-state index in [1.807, 2.05) is 11.9 Å². The first kappa shape index (κ1) is 7.14. The largest absolute Gasteiger partial charge is 0.346 e. The first-order chi connectivity index (χ1) is 5.29. The Morgan fingerprint density at radius 2 is 2.18 bits per heavy atom. The SMILES string of the molecule is CN1CCC2CCCC2C1=O. The van der Waals surface area contributed by atoms with Crippen LogP contribution in [0.3, 0.4) is 0 Å². The molecule has 11 heavy (non-hydrogen) atoms. The van der Waals surface area contributed by atoms with E-state index in [1.165, 1.54) is 19.3 Å². The van der Waals surface area contributed by atoms with Crippen molar-refractivity contribution in [1.29, 1.82) is 0 Å². The van der Waals surface area contributed by atoms with Crippen molar-refractivity contribution in [3.63, 3.8) is 0 Å². The third kappa shape index (κ3) is 1.05. The number of carbonyl (C=O) groups excluding carboxylic acids is 1. The third-order valence-corrected chi connectivity index (χ3v) is 3.19. The van der Waals surface area contributed by atoms with Crippen molar-refractivity contribution >= 4 is 5.91 Å². The Bertz CT molecular complexity index is 178. The topological polar surface area (TPSA) is 20.3 Å². The zero-order chi connectivity index (χ0) is 7.84. The van der Waals surface area contributed by atoms with Gasteiger partial charge in [-0.25, -0.2) is 0 Å². The minimum Gasteiger partial charge on any atom is -0.346 e. The highest BCUT2D eigenvalue weighted by atomic mass is 16.2. The Balaban J connectivity index is 2.12. The van der Waals surface area contributed by atoms with Gasteiger partial charge in [-0.2, -0.15) is 0 Å². The van der Waals surface area contributed by atoms with Crippen molar-refractivity contribution in [2.45, 2.75) is 25.7 Å². The van der Waals surface area contributed by atoms with Crippen LogP contribution < -0.4 is 0 Å². The molecule has 1 saturated carbocycles. The van der Waals surface area contributed by atoms with Crippen LogP contribution in [0.1, 0.15) is 25.7 Å². The van der Waals surface area contributed by atoms with Gasteiger partial charge in [0.15, 0.2) is 0 Å². The molecule has 1 saturated heterocycles. The number of rotatable bonds is 0. The van der Waals surface area contributed by atoms with E-state index in [9.17, 15) is 4.79 Å². The van der Waals surface area contributed by atoms with Crippen LogP contribution >= 0.6 is 0 Å². The zero-order valence-electron chi connectivity index (χ0n) is 7.05. The summed E-state index contributed by atoms with van der Waals surface area (Å²) in [6.45, 7) is 0.986. The van der Waals surface area contributed by atoms with Crippen LogP contribution in [-0.4, -0.2) is 24.4 Å². The smallest absolute Gasteiger partial charge is 0.225 e. The lowest BCUT2D eigenvalue weighted by molar-refractivity contribution is -0.138. The molecule has 1 amide bonds.